The molecule has 0 spiro atoms. The number of aliphatic hydroxyl groups is 2. The number of amides is 1. The first-order valence-electron chi connectivity index (χ1n) is 15.3. The van der Waals surface area contributed by atoms with Crippen LogP contribution in [0.15, 0.2) is 0 Å². The van der Waals surface area contributed by atoms with E-state index in [1.165, 1.54) is 37.0 Å². The first kappa shape index (κ1) is 27.1. The van der Waals surface area contributed by atoms with Gasteiger partial charge in [-0.3, -0.25) is 4.79 Å². The Kier molecular flexibility index (Phi) is 7.41. The first-order chi connectivity index (χ1) is 18.2. The van der Waals surface area contributed by atoms with Crippen molar-refractivity contribution in [2.45, 2.75) is 116 Å². The molecular weight excluding hydrogens is 498 g/mol. The molecule has 0 bridgehead atoms. The lowest BCUT2D eigenvalue weighted by molar-refractivity contribution is -0.174. The molecule has 4 saturated carbocycles. The van der Waals surface area contributed by atoms with Gasteiger partial charge in [0.15, 0.2) is 0 Å². The van der Waals surface area contributed by atoms with E-state index in [1.54, 1.807) is 0 Å². The minimum atomic E-state index is -0.237. The van der Waals surface area contributed by atoms with Crippen LogP contribution in [0.1, 0.15) is 109 Å². The lowest BCUT2D eigenvalue weighted by Gasteiger charge is -2.62. The largest absolute Gasteiger partial charge is 0.393 e. The number of ether oxygens (including phenoxy) is 1. The van der Waals surface area contributed by atoms with Gasteiger partial charge in [-0.25, -0.2) is 0 Å². The summed E-state index contributed by atoms with van der Waals surface area (Å²) in [6.45, 7) is 8.09. The Morgan fingerprint density at radius 1 is 1.08 bits per heavy atom. The second-order valence-corrected chi connectivity index (χ2v) is 15.0. The average Bonchev–Trinajstić information content (AvgIpc) is 3.63. The number of hydrogen-bond acceptors (Lipinski definition) is 7. The van der Waals surface area contributed by atoms with Crippen molar-refractivity contribution in [3.63, 3.8) is 0 Å². The van der Waals surface area contributed by atoms with Crippen molar-refractivity contribution in [2.75, 3.05) is 11.9 Å². The summed E-state index contributed by atoms with van der Waals surface area (Å²) in [6.07, 6.45) is 11.6. The maximum absolute atomic E-state index is 12.8. The molecule has 5 fully saturated rings. The molecule has 2 heterocycles. The van der Waals surface area contributed by atoms with E-state index >= 15 is 0 Å². The van der Waals surface area contributed by atoms with Crippen molar-refractivity contribution in [1.82, 2.24) is 10.2 Å². The summed E-state index contributed by atoms with van der Waals surface area (Å²) < 4.78 is 5.69. The van der Waals surface area contributed by atoms with E-state index in [4.69, 9.17) is 4.74 Å². The smallest absolute Gasteiger partial charge is 0.226 e. The van der Waals surface area contributed by atoms with Gasteiger partial charge in [-0.15, -0.1) is 10.2 Å². The van der Waals surface area contributed by atoms with Crippen molar-refractivity contribution in [3.8, 4) is 0 Å². The van der Waals surface area contributed by atoms with E-state index in [2.05, 4.69) is 36.3 Å². The Morgan fingerprint density at radius 2 is 1.87 bits per heavy atom. The van der Waals surface area contributed by atoms with Crippen LogP contribution >= 0.6 is 11.3 Å². The van der Waals surface area contributed by atoms with E-state index in [0.29, 0.717) is 47.1 Å². The number of aliphatic hydroxyl groups excluding tert-OH is 2. The first-order valence-corrected chi connectivity index (χ1v) is 16.1. The molecule has 11 atom stereocenters. The fourth-order valence-corrected chi connectivity index (χ4v) is 10.9. The Labute approximate surface area is 231 Å². The predicted octanol–water partition coefficient (Wildman–Crippen LogP) is 5.74. The number of hydrogen-bond donors (Lipinski definition) is 3. The van der Waals surface area contributed by atoms with Crippen molar-refractivity contribution in [3.05, 3.63) is 5.01 Å². The maximum atomic E-state index is 12.8. The van der Waals surface area contributed by atoms with Crippen molar-refractivity contribution in [1.29, 1.82) is 0 Å². The van der Waals surface area contributed by atoms with Gasteiger partial charge in [0.25, 0.3) is 0 Å². The number of carbonyl (C=O) groups is 1. The number of nitrogens with one attached hydrogen (secondary N) is 1. The van der Waals surface area contributed by atoms with Crippen molar-refractivity contribution in [2.24, 2.45) is 46.3 Å². The van der Waals surface area contributed by atoms with E-state index in [1.807, 2.05) is 0 Å². The minimum absolute atomic E-state index is 0.0245. The fraction of sp³-hybridized carbons (Fsp3) is 0.900. The van der Waals surface area contributed by atoms with Crippen LogP contribution in [0, 0.1) is 46.3 Å². The van der Waals surface area contributed by atoms with Crippen molar-refractivity contribution < 1.29 is 19.7 Å². The number of aromatic nitrogens is 2. The second-order valence-electron chi connectivity index (χ2n) is 14.0. The highest BCUT2D eigenvalue weighted by Gasteiger charge is 2.62. The van der Waals surface area contributed by atoms with Gasteiger partial charge in [-0.05, 0) is 117 Å². The average molecular weight is 546 g/mol. The topological polar surface area (TPSA) is 105 Å². The van der Waals surface area contributed by atoms with Crippen LogP contribution in [0.5, 0.6) is 0 Å². The monoisotopic (exact) mass is 545 g/mol. The highest BCUT2D eigenvalue weighted by molar-refractivity contribution is 7.15. The molecule has 6 rings (SSSR count). The summed E-state index contributed by atoms with van der Waals surface area (Å²) in [5.41, 5.74) is 0.505. The lowest BCUT2D eigenvalue weighted by atomic mass is 9.43. The van der Waals surface area contributed by atoms with Gasteiger partial charge in [0.05, 0.1) is 12.2 Å². The molecule has 1 aliphatic heterocycles. The summed E-state index contributed by atoms with van der Waals surface area (Å²) in [7, 11) is 0. The van der Waals surface area contributed by atoms with Crippen LogP contribution in [-0.4, -0.2) is 45.1 Å². The summed E-state index contributed by atoms with van der Waals surface area (Å²) in [4.78, 5) is 12.8. The van der Waals surface area contributed by atoms with Gasteiger partial charge in [-0.1, -0.05) is 32.1 Å². The van der Waals surface area contributed by atoms with E-state index in [9.17, 15) is 15.0 Å². The third kappa shape index (κ3) is 4.65. The molecule has 8 heteroatoms. The maximum Gasteiger partial charge on any atom is 0.226 e. The predicted molar refractivity (Wildman–Crippen MR) is 147 cm³/mol. The Balaban J connectivity index is 1.07. The molecular formula is C30H47N3O4S. The highest BCUT2D eigenvalue weighted by atomic mass is 32.1. The van der Waals surface area contributed by atoms with Crippen LogP contribution in [0.2, 0.25) is 0 Å². The van der Waals surface area contributed by atoms with Crippen LogP contribution in [0.25, 0.3) is 0 Å². The van der Waals surface area contributed by atoms with Crippen LogP contribution in [0.3, 0.4) is 0 Å². The Morgan fingerprint density at radius 3 is 2.66 bits per heavy atom. The standard InChI is InChI=1S/C30H47N3O4S/c1-17(6-9-25(36)31-28-33-32-27(38-28)24-5-4-14-37-24)20-7-8-21-26-22(11-13-30(20,21)3)29(2)12-10-19(34)15-18(29)16-23(26)35/h17-24,26,34-35H,4-16H2,1-3H3,(H,31,33,36)/t17-,18-,19-,20+,21-,22-,23+,24+,26-,29+,30-/m1/s1. The molecule has 1 aromatic heterocycles. The number of carbonyl (C=O) groups excluding carboxylic acids is 1. The summed E-state index contributed by atoms with van der Waals surface area (Å²) in [6, 6.07) is 0. The number of anilines is 1. The van der Waals surface area contributed by atoms with Crippen molar-refractivity contribution >= 4 is 22.4 Å². The molecule has 7 nitrogen and oxygen atoms in total. The number of fused-ring (bicyclic) bond motifs is 5. The molecule has 1 saturated heterocycles. The van der Waals surface area contributed by atoms with E-state index < -0.39 is 0 Å². The third-order valence-electron chi connectivity index (χ3n) is 12.1. The van der Waals surface area contributed by atoms with Gasteiger partial charge in [0.1, 0.15) is 11.1 Å². The molecule has 0 unspecified atom stereocenters. The number of rotatable bonds is 6. The lowest BCUT2D eigenvalue weighted by Crippen LogP contribution is -2.58. The molecule has 0 radical (unpaired) electrons. The molecule has 4 aliphatic carbocycles. The van der Waals surface area contributed by atoms with Gasteiger partial charge >= 0.3 is 0 Å². The van der Waals surface area contributed by atoms with Gasteiger partial charge in [0, 0.05) is 13.0 Å². The third-order valence-corrected chi connectivity index (χ3v) is 13.1. The zero-order valence-corrected chi connectivity index (χ0v) is 24.2. The molecule has 0 aromatic carbocycles. The van der Waals surface area contributed by atoms with Crippen LogP contribution in [-0.2, 0) is 9.53 Å². The molecule has 1 amide bonds. The summed E-state index contributed by atoms with van der Waals surface area (Å²) in [5.74, 6) is 3.08. The van der Waals surface area contributed by atoms with E-state index in [-0.39, 0.29) is 35.0 Å². The SMILES string of the molecule is C[C@H](CCC(=O)Nc1nnc([C@@H]2CCCO2)s1)[C@@H]1CC[C@@H]2[C@@H]3[C@@H](CC[C@@]21C)[C@@]1(C)CC[C@@H](O)C[C@@H]1C[C@@H]3O. The molecule has 3 N–H and O–H groups in total. The molecule has 212 valence electrons. The molecule has 38 heavy (non-hydrogen) atoms. The van der Waals surface area contributed by atoms with Gasteiger partial charge in [0.2, 0.25) is 11.0 Å². The Hall–Kier alpha value is -1.09. The number of nitrogens with zero attached hydrogens (tertiary/aromatic N) is 2. The van der Waals surface area contributed by atoms with Gasteiger partial charge < -0.3 is 20.3 Å². The van der Waals surface area contributed by atoms with Crippen LogP contribution in [0.4, 0.5) is 5.13 Å². The van der Waals surface area contributed by atoms with E-state index in [0.717, 1.165) is 56.6 Å². The minimum Gasteiger partial charge on any atom is -0.393 e. The highest BCUT2D eigenvalue weighted by Crippen LogP contribution is 2.68. The second kappa shape index (κ2) is 10.4. The molecule has 5 aliphatic rings. The Bertz CT molecular complexity index is 1010. The zero-order chi connectivity index (χ0) is 26.7. The normalized spacial score (nSPS) is 45.2. The molecule has 1 aromatic rings. The summed E-state index contributed by atoms with van der Waals surface area (Å²) >= 11 is 1.43. The quantitative estimate of drug-likeness (QED) is 0.421. The van der Waals surface area contributed by atoms with Crippen LogP contribution < -0.4 is 5.32 Å². The van der Waals surface area contributed by atoms with Gasteiger partial charge in [-0.2, -0.15) is 0 Å². The fourth-order valence-electron chi connectivity index (χ4n) is 10.1. The summed E-state index contributed by atoms with van der Waals surface area (Å²) in [5, 5.41) is 34.6. The zero-order valence-electron chi connectivity index (χ0n) is 23.4.